The molecule has 1 fully saturated rings. The minimum absolute atomic E-state index is 0.0864. The van der Waals surface area contributed by atoms with E-state index in [2.05, 4.69) is 29.1 Å². The molecule has 1 aromatic carbocycles. The molecule has 3 rings (SSSR count). The summed E-state index contributed by atoms with van der Waals surface area (Å²) in [4.78, 5) is 33.7. The van der Waals surface area contributed by atoms with E-state index in [-0.39, 0.29) is 23.0 Å². The zero-order chi connectivity index (χ0) is 19.4. The first kappa shape index (κ1) is 19.8. The van der Waals surface area contributed by atoms with Crippen molar-refractivity contribution in [2.75, 3.05) is 5.32 Å². The van der Waals surface area contributed by atoms with Crippen LogP contribution < -0.4 is 5.32 Å². The molecule has 0 saturated heterocycles. The highest BCUT2D eigenvalue weighted by molar-refractivity contribution is 8.15. The minimum atomic E-state index is -0.379. The average Bonchev–Trinajstić information content (AvgIpc) is 2.68. The highest BCUT2D eigenvalue weighted by Gasteiger charge is 2.31. The average molecular weight is 386 g/mol. The molecule has 1 heterocycles. The lowest BCUT2D eigenvalue weighted by Crippen LogP contribution is -2.32. The van der Waals surface area contributed by atoms with Gasteiger partial charge in [-0.1, -0.05) is 50.2 Å². The van der Waals surface area contributed by atoms with E-state index < -0.39 is 0 Å². The maximum atomic E-state index is 12.8. The molecule has 0 bridgehead atoms. The van der Waals surface area contributed by atoms with Gasteiger partial charge >= 0.3 is 0 Å². The van der Waals surface area contributed by atoms with Gasteiger partial charge in [-0.15, -0.1) is 0 Å². The second-order valence-electron chi connectivity index (χ2n) is 7.04. The maximum Gasteiger partial charge on any atom is 0.256 e. The molecule has 1 aliphatic carbocycles. The molecule has 1 saturated carbocycles. The van der Waals surface area contributed by atoms with Crippen LogP contribution in [0, 0.1) is 5.92 Å². The van der Waals surface area contributed by atoms with Crippen molar-refractivity contribution in [3.05, 3.63) is 29.3 Å². The Hall–Kier alpha value is -1.95. The Bertz CT molecular complexity index is 778. The molecule has 1 N–H and O–H groups in total. The van der Waals surface area contributed by atoms with Gasteiger partial charge in [0.25, 0.3) is 5.91 Å². The van der Waals surface area contributed by atoms with Crippen LogP contribution in [-0.4, -0.2) is 27.9 Å². The van der Waals surface area contributed by atoms with Crippen LogP contribution in [0.2, 0.25) is 0 Å². The zero-order valence-electron chi connectivity index (χ0n) is 16.2. The fourth-order valence-corrected chi connectivity index (χ4v) is 4.40. The van der Waals surface area contributed by atoms with E-state index in [4.69, 9.17) is 0 Å². The molecule has 144 valence electrons. The van der Waals surface area contributed by atoms with Gasteiger partial charge in [-0.3, -0.25) is 9.59 Å². The summed E-state index contributed by atoms with van der Waals surface area (Å²) in [6.45, 7) is 6.00. The first-order chi connectivity index (χ1) is 13.0. The summed E-state index contributed by atoms with van der Waals surface area (Å²) < 4.78 is 0. The minimum Gasteiger partial charge on any atom is -0.325 e. The van der Waals surface area contributed by atoms with Crippen LogP contribution >= 0.6 is 11.8 Å². The van der Waals surface area contributed by atoms with Crippen molar-refractivity contribution in [3.8, 4) is 0 Å². The first-order valence-electron chi connectivity index (χ1n) is 9.81. The molecule has 0 aromatic heterocycles. The lowest BCUT2D eigenvalue weighted by atomic mass is 9.86. The Morgan fingerprint density at radius 2 is 1.93 bits per heavy atom. The number of para-hydroxylation sites is 1. The van der Waals surface area contributed by atoms with Crippen LogP contribution in [0.5, 0.6) is 0 Å². The number of carbonyl (C=O) groups is 2. The Labute approximate surface area is 165 Å². The molecule has 5 nitrogen and oxygen atoms in total. The number of nitrogens with one attached hydrogen (secondary N) is 1. The van der Waals surface area contributed by atoms with Crippen molar-refractivity contribution in [2.45, 2.75) is 64.5 Å². The van der Waals surface area contributed by atoms with Crippen LogP contribution in [0.3, 0.4) is 0 Å². The van der Waals surface area contributed by atoms with Gasteiger partial charge in [0.05, 0.1) is 11.2 Å². The van der Waals surface area contributed by atoms with E-state index in [9.17, 15) is 9.59 Å². The Morgan fingerprint density at radius 1 is 1.22 bits per heavy atom. The monoisotopic (exact) mass is 385 g/mol. The van der Waals surface area contributed by atoms with E-state index >= 15 is 0 Å². The normalized spacial score (nSPS) is 20.4. The third-order valence-corrected chi connectivity index (χ3v) is 6.18. The number of fused-ring (bicyclic) bond motifs is 1. The summed E-state index contributed by atoms with van der Waals surface area (Å²) in [5, 5.41) is 3.14. The number of hydrogen-bond donors (Lipinski definition) is 1. The number of benzene rings is 1. The van der Waals surface area contributed by atoms with Gasteiger partial charge < -0.3 is 5.32 Å². The highest BCUT2D eigenvalue weighted by Crippen LogP contribution is 2.29. The van der Waals surface area contributed by atoms with E-state index in [0.717, 1.165) is 61.1 Å². The second kappa shape index (κ2) is 8.83. The smallest absolute Gasteiger partial charge is 0.256 e. The second-order valence-corrected chi connectivity index (χ2v) is 8.35. The highest BCUT2D eigenvalue weighted by atomic mass is 32.2. The molecule has 2 atom stereocenters. The van der Waals surface area contributed by atoms with Crippen molar-refractivity contribution >= 4 is 40.1 Å². The third kappa shape index (κ3) is 4.49. The number of thioether (sulfide) groups is 1. The predicted molar refractivity (Wildman–Crippen MR) is 113 cm³/mol. The number of amides is 2. The lowest BCUT2D eigenvalue weighted by molar-refractivity contribution is -0.120. The van der Waals surface area contributed by atoms with Crippen LogP contribution in [0.1, 0.15) is 57.6 Å². The number of carbonyl (C=O) groups excluding carboxylic acids is 2. The largest absolute Gasteiger partial charge is 0.325 e. The molecule has 27 heavy (non-hydrogen) atoms. The summed E-state index contributed by atoms with van der Waals surface area (Å²) in [7, 11) is 0. The predicted octanol–water partition coefficient (Wildman–Crippen LogP) is 4.40. The fourth-order valence-electron chi connectivity index (χ4n) is 3.61. The van der Waals surface area contributed by atoms with Crippen molar-refractivity contribution in [1.82, 2.24) is 0 Å². The number of nitrogens with zero attached hydrogens (tertiary/aromatic N) is 2. The van der Waals surface area contributed by atoms with Gasteiger partial charge in [0.15, 0.2) is 5.17 Å². The first-order valence-corrected chi connectivity index (χ1v) is 10.7. The van der Waals surface area contributed by atoms with Gasteiger partial charge in [-0.25, -0.2) is 4.99 Å². The zero-order valence-corrected chi connectivity index (χ0v) is 17.1. The summed E-state index contributed by atoms with van der Waals surface area (Å²) in [5.41, 5.74) is 4.13. The summed E-state index contributed by atoms with van der Waals surface area (Å²) in [6, 6.07) is 6.13. The molecular weight excluding hydrogens is 358 g/mol. The van der Waals surface area contributed by atoms with Crippen LogP contribution in [0.15, 0.2) is 28.2 Å². The van der Waals surface area contributed by atoms with Gasteiger partial charge in [0.1, 0.15) is 0 Å². The third-order valence-electron chi connectivity index (χ3n) is 5.22. The SMILES string of the molecule is CCc1cccc(CC)c1NC(=O)C(C)SC1=NC(=O)C2CCCCC2=N1. The standard InChI is InChI=1S/C21H27N3O2S/c1-4-14-9-8-10-15(5-2)18(14)23-19(25)13(3)27-21-22-17-12-7-6-11-16(17)20(26)24-21/h8-10,13,16H,4-7,11-12H2,1-3H3,(H,23,25). The molecule has 1 aliphatic heterocycles. The summed E-state index contributed by atoms with van der Waals surface area (Å²) >= 11 is 1.26. The fraction of sp³-hybridized carbons (Fsp3) is 0.524. The quantitative estimate of drug-likeness (QED) is 0.817. The topological polar surface area (TPSA) is 70.9 Å². The number of rotatable bonds is 5. The van der Waals surface area contributed by atoms with Gasteiger partial charge in [-0.05, 0) is 50.2 Å². The molecule has 2 aliphatic rings. The van der Waals surface area contributed by atoms with E-state index in [1.807, 2.05) is 25.1 Å². The Morgan fingerprint density at radius 3 is 2.59 bits per heavy atom. The Kier molecular flexibility index (Phi) is 6.47. The molecule has 0 radical (unpaired) electrons. The number of anilines is 1. The molecule has 2 amide bonds. The van der Waals surface area contributed by atoms with Crippen LogP contribution in [0.4, 0.5) is 5.69 Å². The van der Waals surface area contributed by atoms with E-state index in [0.29, 0.717) is 5.17 Å². The number of hydrogen-bond acceptors (Lipinski definition) is 4. The van der Waals surface area contributed by atoms with Crippen molar-refractivity contribution < 1.29 is 9.59 Å². The maximum absolute atomic E-state index is 12.8. The van der Waals surface area contributed by atoms with Gasteiger partial charge in [-0.2, -0.15) is 4.99 Å². The molecule has 1 aromatic rings. The van der Waals surface area contributed by atoms with Gasteiger partial charge in [0.2, 0.25) is 5.91 Å². The summed E-state index contributed by atoms with van der Waals surface area (Å²) in [5.74, 6) is -0.313. The van der Waals surface area contributed by atoms with Crippen LogP contribution in [0.25, 0.3) is 0 Å². The van der Waals surface area contributed by atoms with E-state index in [1.54, 1.807) is 0 Å². The molecule has 6 heteroatoms. The Balaban J connectivity index is 1.70. The number of amidine groups is 1. The molecule has 2 unspecified atom stereocenters. The summed E-state index contributed by atoms with van der Waals surface area (Å²) in [6.07, 6.45) is 5.57. The van der Waals surface area contributed by atoms with E-state index in [1.165, 1.54) is 11.8 Å². The van der Waals surface area contributed by atoms with Crippen molar-refractivity contribution in [3.63, 3.8) is 0 Å². The number of aryl methyl sites for hydroxylation is 2. The van der Waals surface area contributed by atoms with Crippen molar-refractivity contribution in [1.29, 1.82) is 0 Å². The number of aliphatic imine (C=N–C) groups is 2. The molecule has 0 spiro atoms. The van der Waals surface area contributed by atoms with Crippen LogP contribution in [-0.2, 0) is 22.4 Å². The lowest BCUT2D eigenvalue weighted by Gasteiger charge is -2.25. The van der Waals surface area contributed by atoms with Crippen molar-refractivity contribution in [2.24, 2.45) is 15.9 Å². The molecular formula is C21H27N3O2S. The van der Waals surface area contributed by atoms with Gasteiger partial charge in [0, 0.05) is 11.4 Å².